The van der Waals surface area contributed by atoms with Crippen molar-refractivity contribution in [2.75, 3.05) is 11.5 Å². The van der Waals surface area contributed by atoms with Crippen molar-refractivity contribution >= 4 is 24.1 Å². The van der Waals surface area contributed by atoms with Gasteiger partial charge in [-0.25, -0.2) is 4.98 Å². The van der Waals surface area contributed by atoms with E-state index in [0.717, 1.165) is 0 Å². The highest BCUT2D eigenvalue weighted by Gasteiger charge is 1.95. The first-order valence-corrected chi connectivity index (χ1v) is 3.35. The molecule has 4 heteroatoms. The second-order valence-corrected chi connectivity index (χ2v) is 2.16. The molecule has 0 bridgehead atoms. The molecule has 3 nitrogen and oxygen atoms in total. The molecule has 1 aromatic heterocycles. The van der Waals surface area contributed by atoms with Crippen LogP contribution in [0.5, 0.6) is 0 Å². The van der Waals surface area contributed by atoms with E-state index in [4.69, 9.17) is 11.5 Å². The minimum Gasteiger partial charge on any atom is -0.397 e. The van der Waals surface area contributed by atoms with Gasteiger partial charge < -0.3 is 11.5 Å². The lowest BCUT2D eigenvalue weighted by Crippen LogP contribution is -1.96. The lowest BCUT2D eigenvalue weighted by molar-refractivity contribution is 1.33. The van der Waals surface area contributed by atoms with Gasteiger partial charge in [-0.1, -0.05) is 18.5 Å². The first-order valence-electron chi connectivity index (χ1n) is 2.90. The fraction of sp³-hybridized carbons (Fsp3) is 0. The topological polar surface area (TPSA) is 64.9 Å². The number of nitrogen functional groups attached to an aromatic ring is 2. The van der Waals surface area contributed by atoms with E-state index < -0.39 is 0 Å². The van der Waals surface area contributed by atoms with Crippen molar-refractivity contribution in [3.63, 3.8) is 0 Å². The van der Waals surface area contributed by atoms with E-state index in [9.17, 15) is 0 Å². The molecular formula is C7H7N3S. The van der Waals surface area contributed by atoms with Gasteiger partial charge in [0.1, 0.15) is 5.82 Å². The monoisotopic (exact) mass is 165 g/mol. The molecule has 0 amide bonds. The average molecular weight is 165 g/mol. The van der Waals surface area contributed by atoms with Gasteiger partial charge in [-0.15, -0.1) is 0 Å². The van der Waals surface area contributed by atoms with Gasteiger partial charge >= 0.3 is 0 Å². The van der Waals surface area contributed by atoms with Crippen LogP contribution < -0.4 is 11.5 Å². The van der Waals surface area contributed by atoms with Crippen LogP contribution in [0.15, 0.2) is 12.3 Å². The van der Waals surface area contributed by atoms with Gasteiger partial charge in [0.05, 0.1) is 17.4 Å². The summed E-state index contributed by atoms with van der Waals surface area (Å²) in [6, 6.07) is 1.66. The Morgan fingerprint density at radius 3 is 2.82 bits per heavy atom. The minimum absolute atomic E-state index is 0.376. The molecule has 4 N–H and O–H groups in total. The number of thiol groups is 1. The predicted octanol–water partition coefficient (Wildman–Crippen LogP) is 0.485. The number of rotatable bonds is 0. The lowest BCUT2D eigenvalue weighted by atomic mass is 10.2. The Labute approximate surface area is 70.2 Å². The summed E-state index contributed by atoms with van der Waals surface area (Å²) in [5.41, 5.74) is 12.1. The number of hydrogen-bond acceptors (Lipinski definition) is 4. The van der Waals surface area contributed by atoms with E-state index in [1.165, 1.54) is 6.20 Å². The third-order valence-electron chi connectivity index (χ3n) is 1.13. The van der Waals surface area contributed by atoms with Crippen molar-refractivity contribution in [2.45, 2.75) is 0 Å². The number of aromatic nitrogens is 1. The number of anilines is 2. The second-order valence-electron chi connectivity index (χ2n) is 1.94. The van der Waals surface area contributed by atoms with Gasteiger partial charge in [-0.05, 0) is 11.3 Å². The summed E-state index contributed by atoms with van der Waals surface area (Å²) in [4.78, 5) is 3.81. The SMILES string of the molecule is Nc1cnc(N)c(C#CS)c1. The molecule has 0 aromatic carbocycles. The van der Waals surface area contributed by atoms with Crippen LogP contribution in [0.2, 0.25) is 0 Å². The Morgan fingerprint density at radius 2 is 2.18 bits per heavy atom. The molecule has 1 rings (SSSR count). The maximum atomic E-state index is 5.47. The lowest BCUT2D eigenvalue weighted by Gasteiger charge is -1.96. The smallest absolute Gasteiger partial charge is 0.139 e. The quantitative estimate of drug-likeness (QED) is 0.387. The summed E-state index contributed by atoms with van der Waals surface area (Å²) in [6.07, 6.45) is 1.49. The molecule has 0 aliphatic carbocycles. The van der Waals surface area contributed by atoms with Gasteiger partial charge in [0.25, 0.3) is 0 Å². The van der Waals surface area contributed by atoms with Crippen LogP contribution in [-0.2, 0) is 0 Å². The van der Waals surface area contributed by atoms with Crippen molar-refractivity contribution in [2.24, 2.45) is 0 Å². The fourth-order valence-corrected chi connectivity index (χ4v) is 0.772. The van der Waals surface area contributed by atoms with Crippen molar-refractivity contribution in [3.05, 3.63) is 17.8 Å². The fourth-order valence-electron chi connectivity index (χ4n) is 0.652. The molecule has 0 atom stereocenters. The molecule has 0 radical (unpaired) electrons. The first kappa shape index (κ1) is 7.76. The van der Waals surface area contributed by atoms with Gasteiger partial charge in [0.15, 0.2) is 0 Å². The largest absolute Gasteiger partial charge is 0.397 e. The van der Waals surface area contributed by atoms with E-state index in [2.05, 4.69) is 28.8 Å². The van der Waals surface area contributed by atoms with Gasteiger partial charge in [0, 0.05) is 0 Å². The normalized spacial score (nSPS) is 8.45. The summed E-state index contributed by atoms with van der Waals surface area (Å²) in [5.74, 6) is 3.04. The summed E-state index contributed by atoms with van der Waals surface area (Å²) in [5, 5.41) is 2.42. The number of nitrogens with two attached hydrogens (primary N) is 2. The summed E-state index contributed by atoms with van der Waals surface area (Å²) in [7, 11) is 0. The number of nitrogens with zero attached hydrogens (tertiary/aromatic N) is 1. The van der Waals surface area contributed by atoms with Crippen molar-refractivity contribution in [1.82, 2.24) is 4.98 Å². The Hall–Kier alpha value is -1.34. The molecule has 0 spiro atoms. The molecule has 1 heterocycles. The van der Waals surface area contributed by atoms with E-state index in [1.54, 1.807) is 6.07 Å². The molecule has 0 aliphatic heterocycles. The molecule has 11 heavy (non-hydrogen) atoms. The molecule has 0 aliphatic rings. The second kappa shape index (κ2) is 3.17. The number of pyridine rings is 1. The minimum atomic E-state index is 0.376. The Morgan fingerprint density at radius 1 is 1.45 bits per heavy atom. The van der Waals surface area contributed by atoms with Crippen molar-refractivity contribution in [3.8, 4) is 11.2 Å². The Balaban J connectivity index is 3.19. The molecule has 0 saturated heterocycles. The highest BCUT2D eigenvalue weighted by Crippen LogP contribution is 2.09. The zero-order chi connectivity index (χ0) is 8.27. The van der Waals surface area contributed by atoms with Crippen LogP contribution in [-0.4, -0.2) is 4.98 Å². The van der Waals surface area contributed by atoms with Crippen LogP contribution in [0.3, 0.4) is 0 Å². The highest BCUT2D eigenvalue weighted by molar-refractivity contribution is 7.85. The Bertz CT molecular complexity index is 324. The first-order chi connectivity index (χ1) is 5.24. The zero-order valence-corrected chi connectivity index (χ0v) is 6.60. The Kier molecular flexibility index (Phi) is 2.24. The van der Waals surface area contributed by atoms with E-state index in [0.29, 0.717) is 17.1 Å². The molecule has 56 valence electrons. The van der Waals surface area contributed by atoms with E-state index >= 15 is 0 Å². The van der Waals surface area contributed by atoms with Gasteiger partial charge in [-0.3, -0.25) is 0 Å². The van der Waals surface area contributed by atoms with Crippen LogP contribution in [0.1, 0.15) is 5.56 Å². The third-order valence-corrected chi connectivity index (χ3v) is 1.24. The van der Waals surface area contributed by atoms with Crippen molar-refractivity contribution in [1.29, 1.82) is 0 Å². The summed E-state index contributed by atoms with van der Waals surface area (Å²) < 4.78 is 0. The molecule has 0 saturated carbocycles. The van der Waals surface area contributed by atoms with Crippen LogP contribution >= 0.6 is 12.6 Å². The molecule has 0 unspecified atom stereocenters. The maximum absolute atomic E-state index is 5.47. The third kappa shape index (κ3) is 1.79. The van der Waals surface area contributed by atoms with Gasteiger partial charge in [-0.2, -0.15) is 0 Å². The van der Waals surface area contributed by atoms with Gasteiger partial charge in [0.2, 0.25) is 0 Å². The predicted molar refractivity (Wildman–Crippen MR) is 48.9 cm³/mol. The maximum Gasteiger partial charge on any atom is 0.139 e. The van der Waals surface area contributed by atoms with Crippen molar-refractivity contribution < 1.29 is 0 Å². The van der Waals surface area contributed by atoms with E-state index in [1.807, 2.05) is 0 Å². The standard InChI is InChI=1S/C7H7N3S/c8-6-3-5(1-2-11)7(9)10-4-6/h3-4,11H,8H2,(H2,9,10). The van der Waals surface area contributed by atoms with Crippen LogP contribution in [0.25, 0.3) is 0 Å². The molecule has 0 fully saturated rings. The van der Waals surface area contributed by atoms with Crippen LogP contribution in [0, 0.1) is 11.2 Å². The van der Waals surface area contributed by atoms with Crippen LogP contribution in [0.4, 0.5) is 11.5 Å². The summed E-state index contributed by atoms with van der Waals surface area (Å²) in [6.45, 7) is 0. The zero-order valence-electron chi connectivity index (χ0n) is 5.70. The van der Waals surface area contributed by atoms with E-state index in [-0.39, 0.29) is 0 Å². The molecule has 1 aromatic rings. The average Bonchev–Trinajstić information content (AvgIpc) is 1.98. The number of hydrogen-bond donors (Lipinski definition) is 3. The highest BCUT2D eigenvalue weighted by atomic mass is 32.1. The summed E-state index contributed by atoms with van der Waals surface area (Å²) >= 11 is 3.73. The molecular weight excluding hydrogens is 158 g/mol.